The van der Waals surface area contributed by atoms with Gasteiger partial charge in [-0.25, -0.2) is 0 Å². The Kier molecular flexibility index (Phi) is 9.59. The first-order valence-electron chi connectivity index (χ1n) is 6.53. The van der Waals surface area contributed by atoms with E-state index in [2.05, 4.69) is 27.7 Å². The fraction of sp³-hybridized carbons (Fsp3) is 0.500. The predicted molar refractivity (Wildman–Crippen MR) is 88.3 cm³/mol. The van der Waals surface area contributed by atoms with Gasteiger partial charge in [0.1, 0.15) is 0 Å². The van der Waals surface area contributed by atoms with Crippen LogP contribution in [0.5, 0.6) is 0 Å². The number of amides is 1. The highest BCUT2D eigenvalue weighted by molar-refractivity contribution is 5.88. The molecule has 0 aliphatic carbocycles. The van der Waals surface area contributed by atoms with Gasteiger partial charge in [0.2, 0.25) is 5.91 Å². The number of benzene rings is 1. The van der Waals surface area contributed by atoms with Gasteiger partial charge in [-0.15, -0.1) is 24.8 Å². The van der Waals surface area contributed by atoms with Gasteiger partial charge in [0.25, 0.3) is 0 Å². The molecule has 114 valence electrons. The number of carbonyl (C=O) groups is 1. The molecule has 0 spiro atoms. The summed E-state index contributed by atoms with van der Waals surface area (Å²) in [6, 6.07) is 8.12. The first-order valence-corrected chi connectivity index (χ1v) is 6.53. The molecule has 0 unspecified atom stereocenters. The van der Waals surface area contributed by atoms with Crippen molar-refractivity contribution in [2.24, 2.45) is 0 Å². The summed E-state index contributed by atoms with van der Waals surface area (Å²) >= 11 is 0. The van der Waals surface area contributed by atoms with Crippen molar-refractivity contribution in [3.05, 3.63) is 29.8 Å². The summed E-state index contributed by atoms with van der Waals surface area (Å²) in [5.74, 6) is -0.0245. The van der Waals surface area contributed by atoms with Gasteiger partial charge < -0.3 is 15.5 Å². The lowest BCUT2D eigenvalue weighted by Crippen LogP contribution is -2.44. The number of hydrogen-bond acceptors (Lipinski definition) is 3. The Morgan fingerprint density at radius 2 is 1.80 bits per heavy atom. The first kappa shape index (κ1) is 19.2. The largest absolute Gasteiger partial charge is 0.326 e. The molecular weight excluding hydrogens is 297 g/mol. The summed E-state index contributed by atoms with van der Waals surface area (Å²) in [5, 5.41) is 6.14. The lowest BCUT2D eigenvalue weighted by Gasteiger charge is -2.27. The molecule has 1 saturated heterocycles. The van der Waals surface area contributed by atoms with Crippen LogP contribution in [0.1, 0.15) is 12.5 Å². The topological polar surface area (TPSA) is 44.4 Å². The van der Waals surface area contributed by atoms with Gasteiger partial charge in [-0.2, -0.15) is 0 Å². The van der Waals surface area contributed by atoms with Crippen LogP contribution in [0.2, 0.25) is 0 Å². The monoisotopic (exact) mass is 319 g/mol. The molecule has 0 saturated carbocycles. The number of carbonyl (C=O) groups excluding carboxylic acids is 1. The van der Waals surface area contributed by atoms with Gasteiger partial charge in [-0.1, -0.05) is 12.1 Å². The number of nitrogens with zero attached hydrogens (tertiary/aromatic N) is 1. The number of hydrogen-bond donors (Lipinski definition) is 2. The van der Waals surface area contributed by atoms with Crippen LogP contribution in [-0.4, -0.2) is 43.5 Å². The molecule has 4 nitrogen and oxygen atoms in total. The summed E-state index contributed by atoms with van der Waals surface area (Å²) in [7, 11) is 0. The second-order valence-corrected chi connectivity index (χ2v) is 4.72. The van der Waals surface area contributed by atoms with E-state index in [9.17, 15) is 4.79 Å². The number of nitrogens with one attached hydrogen (secondary N) is 2. The lowest BCUT2D eigenvalue weighted by molar-refractivity contribution is -0.114. The van der Waals surface area contributed by atoms with Gasteiger partial charge in [-0.05, 0) is 24.1 Å². The SMILES string of the molecule is CC(=O)Nc1ccc(CCN2CCNCC2)cc1.Cl.Cl. The van der Waals surface area contributed by atoms with Crippen molar-refractivity contribution in [1.29, 1.82) is 0 Å². The molecule has 0 atom stereocenters. The molecule has 1 aromatic rings. The zero-order chi connectivity index (χ0) is 12.8. The quantitative estimate of drug-likeness (QED) is 0.891. The van der Waals surface area contributed by atoms with Crippen molar-refractivity contribution in [3.8, 4) is 0 Å². The summed E-state index contributed by atoms with van der Waals surface area (Å²) in [5.41, 5.74) is 2.19. The van der Waals surface area contributed by atoms with Crippen LogP contribution in [-0.2, 0) is 11.2 Å². The van der Waals surface area contributed by atoms with E-state index in [-0.39, 0.29) is 30.7 Å². The summed E-state index contributed by atoms with van der Waals surface area (Å²) < 4.78 is 0. The van der Waals surface area contributed by atoms with E-state index in [4.69, 9.17) is 0 Å². The molecule has 1 aliphatic rings. The van der Waals surface area contributed by atoms with Gasteiger partial charge in [0, 0.05) is 45.3 Å². The Bertz CT molecular complexity index is 392. The van der Waals surface area contributed by atoms with Crippen LogP contribution in [0.15, 0.2) is 24.3 Å². The van der Waals surface area contributed by atoms with Crippen LogP contribution in [0.4, 0.5) is 5.69 Å². The summed E-state index contributed by atoms with van der Waals surface area (Å²) in [6.45, 7) is 7.12. The highest BCUT2D eigenvalue weighted by atomic mass is 35.5. The summed E-state index contributed by atoms with van der Waals surface area (Å²) in [4.78, 5) is 13.4. The van der Waals surface area contributed by atoms with Gasteiger partial charge in [0.15, 0.2) is 0 Å². The Hall–Kier alpha value is -0.810. The number of anilines is 1. The second-order valence-electron chi connectivity index (χ2n) is 4.72. The van der Waals surface area contributed by atoms with E-state index >= 15 is 0 Å². The minimum absolute atomic E-state index is 0. The molecule has 1 aromatic carbocycles. The van der Waals surface area contributed by atoms with Crippen molar-refractivity contribution >= 4 is 36.4 Å². The summed E-state index contributed by atoms with van der Waals surface area (Å²) in [6.07, 6.45) is 1.07. The van der Waals surface area contributed by atoms with E-state index in [1.54, 1.807) is 0 Å². The van der Waals surface area contributed by atoms with E-state index in [1.165, 1.54) is 12.5 Å². The molecule has 1 heterocycles. The smallest absolute Gasteiger partial charge is 0.221 e. The van der Waals surface area contributed by atoms with Gasteiger partial charge in [-0.3, -0.25) is 4.79 Å². The maximum atomic E-state index is 10.9. The number of halogens is 2. The minimum atomic E-state index is -0.0245. The Labute approximate surface area is 133 Å². The average molecular weight is 320 g/mol. The molecule has 1 aliphatic heterocycles. The van der Waals surface area contributed by atoms with E-state index in [0.717, 1.165) is 44.8 Å². The fourth-order valence-electron chi connectivity index (χ4n) is 2.18. The van der Waals surface area contributed by atoms with Crippen molar-refractivity contribution in [3.63, 3.8) is 0 Å². The van der Waals surface area contributed by atoms with Crippen LogP contribution in [0.25, 0.3) is 0 Å². The highest BCUT2D eigenvalue weighted by Crippen LogP contribution is 2.10. The van der Waals surface area contributed by atoms with E-state index < -0.39 is 0 Å². The van der Waals surface area contributed by atoms with Crippen molar-refractivity contribution in [2.45, 2.75) is 13.3 Å². The molecule has 0 bridgehead atoms. The van der Waals surface area contributed by atoms with Gasteiger partial charge in [0.05, 0.1) is 0 Å². The molecular formula is C14H23Cl2N3O. The van der Waals surface area contributed by atoms with Crippen LogP contribution in [0, 0.1) is 0 Å². The third kappa shape index (κ3) is 6.57. The first-order chi connectivity index (χ1) is 8.74. The number of rotatable bonds is 4. The second kappa shape index (κ2) is 10.00. The standard InChI is InChI=1S/C14H21N3O.2ClH/c1-12(18)16-14-4-2-13(3-5-14)6-9-17-10-7-15-8-11-17;;/h2-5,15H,6-11H2,1H3,(H,16,18);2*1H. The zero-order valence-corrected chi connectivity index (χ0v) is 13.4. The van der Waals surface area contributed by atoms with Crippen molar-refractivity contribution in [1.82, 2.24) is 10.2 Å². The van der Waals surface area contributed by atoms with E-state index in [0.29, 0.717) is 0 Å². The molecule has 20 heavy (non-hydrogen) atoms. The molecule has 2 rings (SSSR count). The highest BCUT2D eigenvalue weighted by Gasteiger charge is 2.08. The molecule has 1 fully saturated rings. The van der Waals surface area contributed by atoms with Crippen LogP contribution >= 0.6 is 24.8 Å². The third-order valence-electron chi connectivity index (χ3n) is 3.20. The predicted octanol–water partition coefficient (Wildman–Crippen LogP) is 1.94. The molecule has 2 N–H and O–H groups in total. The van der Waals surface area contributed by atoms with E-state index in [1.807, 2.05) is 12.1 Å². The third-order valence-corrected chi connectivity index (χ3v) is 3.20. The van der Waals surface area contributed by atoms with Gasteiger partial charge >= 0.3 is 0 Å². The maximum Gasteiger partial charge on any atom is 0.221 e. The van der Waals surface area contributed by atoms with Crippen LogP contribution < -0.4 is 10.6 Å². The molecule has 1 amide bonds. The Balaban J connectivity index is 0.00000180. The molecule has 6 heteroatoms. The molecule has 0 aromatic heterocycles. The zero-order valence-electron chi connectivity index (χ0n) is 11.7. The Morgan fingerprint density at radius 3 is 2.35 bits per heavy atom. The van der Waals surface area contributed by atoms with Crippen molar-refractivity contribution in [2.75, 3.05) is 38.0 Å². The number of piperazine rings is 1. The Morgan fingerprint density at radius 1 is 1.20 bits per heavy atom. The normalized spacial score (nSPS) is 14.8. The molecule has 0 radical (unpaired) electrons. The fourth-order valence-corrected chi connectivity index (χ4v) is 2.18. The average Bonchev–Trinajstić information content (AvgIpc) is 2.38. The lowest BCUT2D eigenvalue weighted by atomic mass is 10.1. The van der Waals surface area contributed by atoms with Crippen molar-refractivity contribution < 1.29 is 4.79 Å². The maximum absolute atomic E-state index is 10.9. The van der Waals surface area contributed by atoms with Crippen LogP contribution in [0.3, 0.4) is 0 Å². The minimum Gasteiger partial charge on any atom is -0.326 e.